The Morgan fingerprint density at radius 1 is 1.58 bits per heavy atom. The lowest BCUT2D eigenvalue weighted by molar-refractivity contribution is 0.250. The fourth-order valence-corrected chi connectivity index (χ4v) is 1.73. The molecule has 1 saturated carbocycles. The molecule has 2 N–H and O–H groups in total. The summed E-state index contributed by atoms with van der Waals surface area (Å²) in [5, 5.41) is 4.00. The average molecular weight is 169 g/mol. The van der Waals surface area contributed by atoms with Gasteiger partial charge in [-0.3, -0.25) is 4.68 Å². The first-order valence-corrected chi connectivity index (χ1v) is 4.21. The highest BCUT2D eigenvalue weighted by Gasteiger charge is 2.28. The summed E-state index contributed by atoms with van der Waals surface area (Å²) in [5.74, 6) is 0. The molecule has 2 unspecified atom stereocenters. The van der Waals surface area contributed by atoms with Crippen molar-refractivity contribution in [1.82, 2.24) is 9.78 Å². The first-order chi connectivity index (χ1) is 5.77. The predicted molar refractivity (Wildman–Crippen MR) is 44.4 cm³/mol. The lowest BCUT2D eigenvalue weighted by Gasteiger charge is -2.12. The van der Waals surface area contributed by atoms with Crippen LogP contribution in [0.4, 0.5) is 10.1 Å². The van der Waals surface area contributed by atoms with E-state index in [1.54, 1.807) is 17.1 Å². The Bertz CT molecular complexity index is 271. The molecule has 2 atom stereocenters. The molecular weight excluding hydrogens is 157 g/mol. The van der Waals surface area contributed by atoms with Crippen molar-refractivity contribution in [3.8, 4) is 0 Å². The van der Waals surface area contributed by atoms with Crippen LogP contribution in [0.3, 0.4) is 0 Å². The van der Waals surface area contributed by atoms with Gasteiger partial charge >= 0.3 is 0 Å². The first kappa shape index (κ1) is 7.58. The van der Waals surface area contributed by atoms with Gasteiger partial charge in [0, 0.05) is 6.20 Å². The highest BCUT2D eigenvalue weighted by Crippen LogP contribution is 2.32. The zero-order valence-corrected chi connectivity index (χ0v) is 6.78. The molecule has 12 heavy (non-hydrogen) atoms. The molecule has 66 valence electrons. The fraction of sp³-hybridized carbons (Fsp3) is 0.625. The van der Waals surface area contributed by atoms with Gasteiger partial charge in [0.25, 0.3) is 0 Å². The molecule has 0 saturated heterocycles. The van der Waals surface area contributed by atoms with E-state index in [4.69, 9.17) is 5.73 Å². The maximum atomic E-state index is 13.2. The summed E-state index contributed by atoms with van der Waals surface area (Å²) in [7, 11) is 0. The molecule has 0 aliphatic heterocycles. The van der Waals surface area contributed by atoms with Gasteiger partial charge in [-0.05, 0) is 19.3 Å². The van der Waals surface area contributed by atoms with Gasteiger partial charge in [0.1, 0.15) is 6.17 Å². The number of aromatic nitrogens is 2. The second-order valence-corrected chi connectivity index (χ2v) is 3.27. The molecule has 0 bridgehead atoms. The maximum Gasteiger partial charge on any atom is 0.122 e. The van der Waals surface area contributed by atoms with E-state index >= 15 is 0 Å². The topological polar surface area (TPSA) is 43.8 Å². The molecule has 1 heterocycles. The summed E-state index contributed by atoms with van der Waals surface area (Å²) in [5.41, 5.74) is 6.09. The quantitative estimate of drug-likeness (QED) is 0.692. The van der Waals surface area contributed by atoms with Crippen molar-refractivity contribution >= 4 is 5.69 Å². The third-order valence-corrected chi connectivity index (χ3v) is 2.36. The number of nitrogens with zero attached hydrogens (tertiary/aromatic N) is 2. The molecule has 2 rings (SSSR count). The molecule has 0 spiro atoms. The maximum absolute atomic E-state index is 13.2. The van der Waals surface area contributed by atoms with E-state index in [1.807, 2.05) is 0 Å². The van der Waals surface area contributed by atoms with Crippen molar-refractivity contribution in [3.05, 3.63) is 12.4 Å². The van der Waals surface area contributed by atoms with Crippen LogP contribution in [-0.4, -0.2) is 16.0 Å². The zero-order chi connectivity index (χ0) is 8.55. The summed E-state index contributed by atoms with van der Waals surface area (Å²) in [6.45, 7) is 0. The Morgan fingerprint density at radius 3 is 2.92 bits per heavy atom. The monoisotopic (exact) mass is 169 g/mol. The van der Waals surface area contributed by atoms with Crippen LogP contribution < -0.4 is 5.73 Å². The van der Waals surface area contributed by atoms with Gasteiger partial charge in [0.2, 0.25) is 0 Å². The molecule has 0 aromatic carbocycles. The number of nitrogen functional groups attached to an aromatic ring is 1. The largest absolute Gasteiger partial charge is 0.396 e. The molecular formula is C8H12FN3. The second kappa shape index (κ2) is 2.77. The minimum atomic E-state index is -0.746. The highest BCUT2D eigenvalue weighted by atomic mass is 19.1. The Labute approximate surface area is 70.4 Å². The second-order valence-electron chi connectivity index (χ2n) is 3.27. The summed E-state index contributed by atoms with van der Waals surface area (Å²) >= 11 is 0. The molecule has 1 aromatic rings. The Morgan fingerprint density at radius 2 is 2.42 bits per heavy atom. The number of hydrogen-bond acceptors (Lipinski definition) is 2. The number of hydrogen-bond donors (Lipinski definition) is 1. The molecule has 1 aliphatic rings. The lowest BCUT2D eigenvalue weighted by atomic mass is 10.2. The van der Waals surface area contributed by atoms with Crippen LogP contribution in [-0.2, 0) is 0 Å². The molecule has 3 nitrogen and oxygen atoms in total. The first-order valence-electron chi connectivity index (χ1n) is 4.21. The van der Waals surface area contributed by atoms with E-state index in [2.05, 4.69) is 5.10 Å². The smallest absolute Gasteiger partial charge is 0.122 e. The van der Waals surface area contributed by atoms with Gasteiger partial charge in [-0.25, -0.2) is 4.39 Å². The minimum Gasteiger partial charge on any atom is -0.396 e. The third kappa shape index (κ3) is 1.17. The fourth-order valence-electron chi connectivity index (χ4n) is 1.73. The molecule has 1 fully saturated rings. The number of nitrogens with two attached hydrogens (primary N) is 1. The molecule has 0 radical (unpaired) electrons. The Balaban J connectivity index is 2.19. The van der Waals surface area contributed by atoms with Crippen LogP contribution in [0.2, 0.25) is 0 Å². The van der Waals surface area contributed by atoms with Crippen LogP contribution in [0.1, 0.15) is 25.3 Å². The van der Waals surface area contributed by atoms with E-state index in [1.165, 1.54) is 0 Å². The predicted octanol–water partition coefficient (Wildman–Crippen LogP) is 1.53. The van der Waals surface area contributed by atoms with Crippen LogP contribution >= 0.6 is 0 Å². The number of anilines is 1. The van der Waals surface area contributed by atoms with Crippen molar-refractivity contribution in [2.45, 2.75) is 31.5 Å². The van der Waals surface area contributed by atoms with Gasteiger partial charge < -0.3 is 5.73 Å². The van der Waals surface area contributed by atoms with Crippen molar-refractivity contribution < 1.29 is 4.39 Å². The SMILES string of the molecule is Nc1cnn(C2CCCC2F)c1. The number of halogens is 1. The summed E-state index contributed by atoms with van der Waals surface area (Å²) in [4.78, 5) is 0. The van der Waals surface area contributed by atoms with Crippen molar-refractivity contribution in [3.63, 3.8) is 0 Å². The Hall–Kier alpha value is -1.06. The van der Waals surface area contributed by atoms with E-state index in [0.717, 1.165) is 12.8 Å². The molecule has 4 heteroatoms. The Kier molecular flexibility index (Phi) is 1.75. The lowest BCUT2D eigenvalue weighted by Crippen LogP contribution is -2.14. The molecule has 0 amide bonds. The highest BCUT2D eigenvalue weighted by molar-refractivity contribution is 5.30. The summed E-state index contributed by atoms with van der Waals surface area (Å²) in [6, 6.07) is -0.0812. The average Bonchev–Trinajstić information content (AvgIpc) is 2.58. The van der Waals surface area contributed by atoms with Crippen molar-refractivity contribution in [2.24, 2.45) is 0 Å². The summed E-state index contributed by atoms with van der Waals surface area (Å²) < 4.78 is 14.8. The van der Waals surface area contributed by atoms with E-state index < -0.39 is 6.17 Å². The third-order valence-electron chi connectivity index (χ3n) is 2.36. The van der Waals surface area contributed by atoms with Crippen LogP contribution in [0.5, 0.6) is 0 Å². The summed E-state index contributed by atoms with van der Waals surface area (Å²) in [6.07, 6.45) is 5.00. The van der Waals surface area contributed by atoms with Crippen molar-refractivity contribution in [1.29, 1.82) is 0 Å². The van der Waals surface area contributed by atoms with Gasteiger partial charge in [0.05, 0.1) is 17.9 Å². The zero-order valence-electron chi connectivity index (χ0n) is 6.78. The van der Waals surface area contributed by atoms with E-state index in [0.29, 0.717) is 12.1 Å². The van der Waals surface area contributed by atoms with Crippen LogP contribution in [0, 0.1) is 0 Å². The van der Waals surface area contributed by atoms with Gasteiger partial charge in [0.15, 0.2) is 0 Å². The minimum absolute atomic E-state index is 0.0812. The van der Waals surface area contributed by atoms with Gasteiger partial charge in [-0.15, -0.1) is 0 Å². The molecule has 1 aliphatic carbocycles. The van der Waals surface area contributed by atoms with Crippen LogP contribution in [0.15, 0.2) is 12.4 Å². The number of alkyl halides is 1. The standard InChI is InChI=1S/C8H12FN3/c9-7-2-1-3-8(7)12-5-6(10)4-11-12/h4-5,7-8H,1-3,10H2. The van der Waals surface area contributed by atoms with E-state index in [9.17, 15) is 4.39 Å². The van der Waals surface area contributed by atoms with Crippen LogP contribution in [0.25, 0.3) is 0 Å². The van der Waals surface area contributed by atoms with Crippen molar-refractivity contribution in [2.75, 3.05) is 5.73 Å². The normalized spacial score (nSPS) is 29.4. The van der Waals surface area contributed by atoms with Gasteiger partial charge in [-0.2, -0.15) is 5.10 Å². The van der Waals surface area contributed by atoms with E-state index in [-0.39, 0.29) is 6.04 Å². The van der Waals surface area contributed by atoms with Gasteiger partial charge in [-0.1, -0.05) is 0 Å². The molecule has 1 aromatic heterocycles. The number of rotatable bonds is 1.